The second-order valence-electron chi connectivity index (χ2n) is 6.19. The van der Waals surface area contributed by atoms with E-state index in [-0.39, 0.29) is 27.9 Å². The Bertz CT molecular complexity index is 1040. The van der Waals surface area contributed by atoms with E-state index in [2.05, 4.69) is 0 Å². The predicted molar refractivity (Wildman–Crippen MR) is 99.7 cm³/mol. The number of hydrogen-bond acceptors (Lipinski definition) is 6. The third-order valence-corrected chi connectivity index (χ3v) is 4.03. The lowest BCUT2D eigenvalue weighted by molar-refractivity contribution is 0.172. The summed E-state index contributed by atoms with van der Waals surface area (Å²) in [5, 5.41) is 10.3. The van der Waals surface area contributed by atoms with Crippen LogP contribution in [0, 0.1) is 0 Å². The number of hydrogen-bond donors (Lipinski definition) is 1. The Hall–Kier alpha value is -3.48. The zero-order valence-electron chi connectivity index (χ0n) is 15.2. The van der Waals surface area contributed by atoms with Gasteiger partial charge in [-0.15, -0.1) is 0 Å². The number of nitrogens with zero attached hydrogens (tertiary/aromatic N) is 1. The van der Waals surface area contributed by atoms with Crippen molar-refractivity contribution in [2.45, 2.75) is 6.42 Å². The number of benzene rings is 2. The van der Waals surface area contributed by atoms with Gasteiger partial charge in [0.25, 0.3) is 0 Å². The van der Waals surface area contributed by atoms with E-state index in [0.29, 0.717) is 12.0 Å². The van der Waals surface area contributed by atoms with Crippen molar-refractivity contribution < 1.29 is 23.8 Å². The SMILES string of the molecule is COc1ccc(Cc2coc3cc(OC(=O)N(C)C)cc(O)c3c2=O)cc1. The first-order valence-corrected chi connectivity index (χ1v) is 8.18. The number of rotatable bonds is 4. The maximum atomic E-state index is 12.8. The van der Waals surface area contributed by atoms with Crippen LogP contribution in [0.25, 0.3) is 11.0 Å². The van der Waals surface area contributed by atoms with Crippen molar-refractivity contribution in [3.63, 3.8) is 0 Å². The fourth-order valence-corrected chi connectivity index (χ4v) is 2.58. The molecule has 0 radical (unpaired) electrons. The molecule has 0 fully saturated rings. The molecule has 7 heteroatoms. The van der Waals surface area contributed by atoms with Gasteiger partial charge in [0.1, 0.15) is 28.2 Å². The van der Waals surface area contributed by atoms with Gasteiger partial charge in [0.2, 0.25) is 0 Å². The van der Waals surface area contributed by atoms with Crippen LogP contribution in [-0.2, 0) is 6.42 Å². The van der Waals surface area contributed by atoms with Gasteiger partial charge in [0, 0.05) is 38.2 Å². The number of carbonyl (C=O) groups excluding carboxylic acids is 1. The van der Waals surface area contributed by atoms with Crippen molar-refractivity contribution >= 4 is 17.1 Å². The van der Waals surface area contributed by atoms with Crippen LogP contribution >= 0.6 is 0 Å². The molecule has 1 amide bonds. The molecule has 0 saturated heterocycles. The second kappa shape index (κ2) is 7.41. The fourth-order valence-electron chi connectivity index (χ4n) is 2.58. The van der Waals surface area contributed by atoms with Crippen LogP contribution in [0.3, 0.4) is 0 Å². The Morgan fingerprint density at radius 3 is 2.48 bits per heavy atom. The summed E-state index contributed by atoms with van der Waals surface area (Å²) in [6.45, 7) is 0. The summed E-state index contributed by atoms with van der Waals surface area (Å²) in [7, 11) is 4.66. The van der Waals surface area contributed by atoms with Gasteiger partial charge in [0.15, 0.2) is 5.43 Å². The van der Waals surface area contributed by atoms with E-state index < -0.39 is 6.09 Å². The summed E-state index contributed by atoms with van der Waals surface area (Å²) in [5.41, 5.74) is 1.11. The number of phenolic OH excluding ortho intramolecular Hbond substituents is 1. The highest BCUT2D eigenvalue weighted by molar-refractivity contribution is 5.86. The van der Waals surface area contributed by atoms with Gasteiger partial charge in [0.05, 0.1) is 13.4 Å². The molecular weight excluding hydrogens is 350 g/mol. The Labute approximate surface area is 155 Å². The summed E-state index contributed by atoms with van der Waals surface area (Å²) in [6.07, 6.45) is 1.09. The minimum atomic E-state index is -0.604. The van der Waals surface area contributed by atoms with E-state index in [1.165, 1.54) is 37.4 Å². The van der Waals surface area contributed by atoms with Gasteiger partial charge >= 0.3 is 6.09 Å². The third-order valence-electron chi connectivity index (χ3n) is 4.03. The third kappa shape index (κ3) is 3.87. The Kier molecular flexibility index (Phi) is 5.03. The number of carbonyl (C=O) groups is 1. The zero-order valence-corrected chi connectivity index (χ0v) is 15.2. The summed E-state index contributed by atoms with van der Waals surface area (Å²) in [6, 6.07) is 9.94. The topological polar surface area (TPSA) is 89.2 Å². The van der Waals surface area contributed by atoms with Gasteiger partial charge in [-0.2, -0.15) is 0 Å². The molecule has 3 aromatic rings. The molecule has 1 heterocycles. The Morgan fingerprint density at radius 2 is 1.85 bits per heavy atom. The summed E-state index contributed by atoms with van der Waals surface area (Å²) >= 11 is 0. The summed E-state index contributed by atoms with van der Waals surface area (Å²) in [4.78, 5) is 25.7. The maximum absolute atomic E-state index is 12.8. The van der Waals surface area contributed by atoms with Gasteiger partial charge < -0.3 is 23.9 Å². The first-order chi connectivity index (χ1) is 12.9. The zero-order chi connectivity index (χ0) is 19.6. The molecule has 0 aliphatic carbocycles. The smallest absolute Gasteiger partial charge is 0.414 e. The molecule has 0 atom stereocenters. The predicted octanol–water partition coefficient (Wildman–Crippen LogP) is 3.16. The molecule has 1 N–H and O–H groups in total. The Balaban J connectivity index is 1.95. The van der Waals surface area contributed by atoms with Crippen LogP contribution in [-0.4, -0.2) is 37.3 Å². The lowest BCUT2D eigenvalue weighted by Crippen LogP contribution is -2.25. The van der Waals surface area contributed by atoms with Gasteiger partial charge in [-0.25, -0.2) is 4.79 Å². The lowest BCUT2D eigenvalue weighted by Gasteiger charge is -2.11. The van der Waals surface area contributed by atoms with E-state index in [4.69, 9.17) is 13.9 Å². The molecular formula is C20H19NO6. The summed E-state index contributed by atoms with van der Waals surface area (Å²) < 4.78 is 15.7. The van der Waals surface area contributed by atoms with Crippen molar-refractivity contribution in [2.24, 2.45) is 0 Å². The lowest BCUT2D eigenvalue weighted by atomic mass is 10.0. The molecule has 7 nitrogen and oxygen atoms in total. The molecule has 0 spiro atoms. The molecule has 140 valence electrons. The van der Waals surface area contributed by atoms with E-state index in [0.717, 1.165) is 11.3 Å². The van der Waals surface area contributed by atoms with Crippen molar-refractivity contribution in [1.29, 1.82) is 0 Å². The monoisotopic (exact) mass is 369 g/mol. The quantitative estimate of drug-likeness (QED) is 0.760. The van der Waals surface area contributed by atoms with Crippen molar-refractivity contribution in [2.75, 3.05) is 21.2 Å². The highest BCUT2D eigenvalue weighted by Gasteiger charge is 2.15. The number of amides is 1. The summed E-state index contributed by atoms with van der Waals surface area (Å²) in [5.74, 6) is 0.505. The number of fused-ring (bicyclic) bond motifs is 1. The maximum Gasteiger partial charge on any atom is 0.414 e. The van der Waals surface area contributed by atoms with E-state index >= 15 is 0 Å². The standard InChI is InChI=1S/C20H19NO6/c1-21(2)20(24)27-15-9-16(22)18-17(10-15)26-11-13(19(18)23)8-12-4-6-14(25-3)7-5-12/h4-7,9-11,22H,8H2,1-3H3. The first kappa shape index (κ1) is 18.3. The molecule has 0 unspecified atom stereocenters. The van der Waals surface area contributed by atoms with E-state index in [1.807, 2.05) is 12.1 Å². The molecule has 0 bridgehead atoms. The van der Waals surface area contributed by atoms with Crippen LogP contribution in [0.1, 0.15) is 11.1 Å². The van der Waals surface area contributed by atoms with Crippen molar-refractivity contribution in [1.82, 2.24) is 4.90 Å². The Morgan fingerprint density at radius 1 is 1.15 bits per heavy atom. The molecule has 27 heavy (non-hydrogen) atoms. The van der Waals surface area contributed by atoms with Crippen LogP contribution < -0.4 is 14.9 Å². The highest BCUT2D eigenvalue weighted by Crippen LogP contribution is 2.29. The highest BCUT2D eigenvalue weighted by atomic mass is 16.6. The second-order valence-corrected chi connectivity index (χ2v) is 6.19. The average molecular weight is 369 g/mol. The number of methoxy groups -OCH3 is 1. The van der Waals surface area contributed by atoms with E-state index in [1.54, 1.807) is 19.2 Å². The van der Waals surface area contributed by atoms with Crippen LogP contribution in [0.5, 0.6) is 17.2 Å². The fraction of sp³-hybridized carbons (Fsp3) is 0.200. The minimum absolute atomic E-state index is 0.0469. The number of phenols is 1. The first-order valence-electron chi connectivity index (χ1n) is 8.18. The average Bonchev–Trinajstić information content (AvgIpc) is 2.64. The number of ether oxygens (including phenoxy) is 2. The van der Waals surface area contributed by atoms with Gasteiger partial charge in [-0.05, 0) is 17.7 Å². The van der Waals surface area contributed by atoms with Crippen molar-refractivity contribution in [3.8, 4) is 17.2 Å². The van der Waals surface area contributed by atoms with E-state index in [9.17, 15) is 14.7 Å². The molecule has 1 aromatic heterocycles. The molecule has 2 aromatic carbocycles. The molecule has 0 saturated carbocycles. The molecule has 3 rings (SSSR count). The van der Waals surface area contributed by atoms with Crippen LogP contribution in [0.4, 0.5) is 4.79 Å². The minimum Gasteiger partial charge on any atom is -0.507 e. The van der Waals surface area contributed by atoms with Crippen LogP contribution in [0.15, 0.2) is 51.9 Å². The van der Waals surface area contributed by atoms with Gasteiger partial charge in [-0.1, -0.05) is 12.1 Å². The largest absolute Gasteiger partial charge is 0.507 e. The molecule has 0 aliphatic heterocycles. The van der Waals surface area contributed by atoms with Crippen LogP contribution in [0.2, 0.25) is 0 Å². The van der Waals surface area contributed by atoms with Gasteiger partial charge in [-0.3, -0.25) is 4.79 Å². The normalized spacial score (nSPS) is 10.6. The number of aromatic hydroxyl groups is 1. The van der Waals surface area contributed by atoms with Crippen molar-refractivity contribution in [3.05, 3.63) is 64.0 Å². The molecule has 0 aliphatic rings.